The van der Waals surface area contributed by atoms with Crippen LogP contribution in [0.2, 0.25) is 0 Å². The molecule has 1 spiro atoms. The SMILES string of the molecule is CC1CCC(CNC2CCOC3(CCCCC3)C2)C1. The van der Waals surface area contributed by atoms with E-state index in [0.29, 0.717) is 0 Å². The summed E-state index contributed by atoms with van der Waals surface area (Å²) in [6.45, 7) is 4.65. The molecular formula is C17H31NO. The lowest BCUT2D eigenvalue weighted by atomic mass is 9.78. The van der Waals surface area contributed by atoms with Crippen LogP contribution in [0.3, 0.4) is 0 Å². The van der Waals surface area contributed by atoms with Crippen molar-refractivity contribution in [2.24, 2.45) is 11.8 Å². The van der Waals surface area contributed by atoms with Crippen LogP contribution in [-0.4, -0.2) is 24.8 Å². The lowest BCUT2D eigenvalue weighted by Gasteiger charge is -2.44. The van der Waals surface area contributed by atoms with E-state index in [4.69, 9.17) is 4.74 Å². The predicted octanol–water partition coefficient (Wildman–Crippen LogP) is 3.89. The maximum atomic E-state index is 6.19. The lowest BCUT2D eigenvalue weighted by molar-refractivity contribution is -0.109. The first-order chi connectivity index (χ1) is 9.26. The third-order valence-electron chi connectivity index (χ3n) is 5.76. The molecule has 3 fully saturated rings. The zero-order valence-corrected chi connectivity index (χ0v) is 12.6. The normalized spacial score (nSPS) is 38.7. The number of nitrogens with one attached hydrogen (secondary N) is 1. The Balaban J connectivity index is 1.45. The maximum Gasteiger partial charge on any atom is 0.0697 e. The van der Waals surface area contributed by atoms with Crippen molar-refractivity contribution in [1.29, 1.82) is 0 Å². The molecule has 0 bridgehead atoms. The Labute approximate surface area is 118 Å². The minimum Gasteiger partial charge on any atom is -0.375 e. The summed E-state index contributed by atoms with van der Waals surface area (Å²) in [5, 5.41) is 3.88. The molecule has 2 aliphatic carbocycles. The zero-order chi connectivity index (χ0) is 13.1. The van der Waals surface area contributed by atoms with Crippen molar-refractivity contribution >= 4 is 0 Å². The Morgan fingerprint density at radius 3 is 2.68 bits per heavy atom. The zero-order valence-electron chi connectivity index (χ0n) is 12.6. The van der Waals surface area contributed by atoms with Gasteiger partial charge in [-0.25, -0.2) is 0 Å². The second kappa shape index (κ2) is 6.13. The Hall–Kier alpha value is -0.0800. The molecule has 0 aromatic rings. The number of rotatable bonds is 3. The highest BCUT2D eigenvalue weighted by Gasteiger charge is 2.38. The van der Waals surface area contributed by atoms with Crippen LogP contribution in [0, 0.1) is 11.8 Å². The standard InChI is InChI=1S/C17H31NO/c1-14-5-6-15(11-14)13-18-16-7-10-19-17(12-16)8-3-2-4-9-17/h14-16,18H,2-13H2,1H3. The Bertz CT molecular complexity index is 279. The van der Waals surface area contributed by atoms with Crippen LogP contribution in [0.25, 0.3) is 0 Å². The van der Waals surface area contributed by atoms with Crippen LogP contribution in [-0.2, 0) is 4.74 Å². The van der Waals surface area contributed by atoms with Crippen molar-refractivity contribution in [1.82, 2.24) is 5.32 Å². The minimum absolute atomic E-state index is 0.261. The van der Waals surface area contributed by atoms with Crippen molar-refractivity contribution in [3.63, 3.8) is 0 Å². The highest BCUT2D eigenvalue weighted by molar-refractivity contribution is 4.92. The Morgan fingerprint density at radius 1 is 1.11 bits per heavy atom. The Morgan fingerprint density at radius 2 is 1.95 bits per heavy atom. The first-order valence-electron chi connectivity index (χ1n) is 8.63. The van der Waals surface area contributed by atoms with Crippen LogP contribution >= 0.6 is 0 Å². The van der Waals surface area contributed by atoms with Crippen LogP contribution < -0.4 is 5.32 Å². The Kier molecular flexibility index (Phi) is 4.48. The van der Waals surface area contributed by atoms with Crippen LogP contribution in [0.5, 0.6) is 0 Å². The fourth-order valence-electron chi connectivity index (χ4n) is 4.59. The van der Waals surface area contributed by atoms with Gasteiger partial charge in [0.25, 0.3) is 0 Å². The molecule has 2 saturated carbocycles. The van der Waals surface area contributed by atoms with Crippen LogP contribution in [0.15, 0.2) is 0 Å². The molecule has 3 rings (SSSR count). The summed E-state index contributed by atoms with van der Waals surface area (Å²) in [5.41, 5.74) is 0.261. The van der Waals surface area contributed by atoms with Gasteiger partial charge in [-0.15, -0.1) is 0 Å². The quantitative estimate of drug-likeness (QED) is 0.836. The van der Waals surface area contributed by atoms with Gasteiger partial charge in [0, 0.05) is 12.6 Å². The van der Waals surface area contributed by atoms with Gasteiger partial charge in [0.2, 0.25) is 0 Å². The summed E-state index contributed by atoms with van der Waals surface area (Å²) < 4.78 is 6.19. The number of hydrogen-bond acceptors (Lipinski definition) is 2. The van der Waals surface area contributed by atoms with Gasteiger partial charge in [0.15, 0.2) is 0 Å². The van der Waals surface area contributed by atoms with Crippen molar-refractivity contribution in [2.75, 3.05) is 13.2 Å². The first-order valence-corrected chi connectivity index (χ1v) is 8.63. The summed E-state index contributed by atoms with van der Waals surface area (Å²) >= 11 is 0. The predicted molar refractivity (Wildman–Crippen MR) is 79.3 cm³/mol. The fraction of sp³-hybridized carbons (Fsp3) is 1.00. The van der Waals surface area contributed by atoms with E-state index in [1.165, 1.54) is 70.8 Å². The molecule has 3 unspecified atom stereocenters. The molecular weight excluding hydrogens is 234 g/mol. The minimum atomic E-state index is 0.261. The second-order valence-corrected chi connectivity index (χ2v) is 7.47. The van der Waals surface area contributed by atoms with Crippen LogP contribution in [0.4, 0.5) is 0 Å². The molecule has 1 aliphatic heterocycles. The fourth-order valence-corrected chi connectivity index (χ4v) is 4.59. The molecule has 19 heavy (non-hydrogen) atoms. The highest BCUT2D eigenvalue weighted by Crippen LogP contribution is 2.38. The third kappa shape index (κ3) is 3.52. The third-order valence-corrected chi connectivity index (χ3v) is 5.76. The van der Waals surface area contributed by atoms with Gasteiger partial charge in [0.05, 0.1) is 5.60 Å². The number of hydrogen-bond donors (Lipinski definition) is 1. The maximum absolute atomic E-state index is 6.19. The molecule has 0 aromatic carbocycles. The van der Waals surface area contributed by atoms with Crippen LogP contribution in [0.1, 0.15) is 71.1 Å². The first kappa shape index (κ1) is 13.9. The summed E-state index contributed by atoms with van der Waals surface area (Å²) in [6.07, 6.45) is 13.6. The molecule has 1 N–H and O–H groups in total. The summed E-state index contributed by atoms with van der Waals surface area (Å²) in [7, 11) is 0. The topological polar surface area (TPSA) is 21.3 Å². The van der Waals surface area contributed by atoms with Crippen molar-refractivity contribution in [2.45, 2.75) is 82.8 Å². The van der Waals surface area contributed by atoms with Crippen molar-refractivity contribution in [3.05, 3.63) is 0 Å². The van der Waals surface area contributed by atoms with E-state index >= 15 is 0 Å². The number of ether oxygens (including phenoxy) is 1. The van der Waals surface area contributed by atoms with Crippen molar-refractivity contribution < 1.29 is 4.74 Å². The van der Waals surface area contributed by atoms with Gasteiger partial charge in [-0.1, -0.05) is 32.6 Å². The molecule has 2 nitrogen and oxygen atoms in total. The summed E-state index contributed by atoms with van der Waals surface area (Å²) in [4.78, 5) is 0. The lowest BCUT2D eigenvalue weighted by Crippen LogP contribution is -2.48. The second-order valence-electron chi connectivity index (χ2n) is 7.47. The summed E-state index contributed by atoms with van der Waals surface area (Å²) in [5.74, 6) is 1.91. The molecule has 3 aliphatic rings. The average molecular weight is 265 g/mol. The smallest absolute Gasteiger partial charge is 0.0697 e. The van der Waals surface area contributed by atoms with E-state index in [1.807, 2.05) is 0 Å². The van der Waals surface area contributed by atoms with Gasteiger partial charge < -0.3 is 10.1 Å². The van der Waals surface area contributed by atoms with Gasteiger partial charge in [0.1, 0.15) is 0 Å². The molecule has 3 atom stereocenters. The monoisotopic (exact) mass is 265 g/mol. The molecule has 2 heteroatoms. The average Bonchev–Trinajstić information content (AvgIpc) is 2.83. The van der Waals surface area contributed by atoms with Gasteiger partial charge >= 0.3 is 0 Å². The van der Waals surface area contributed by atoms with E-state index in [0.717, 1.165) is 24.5 Å². The van der Waals surface area contributed by atoms with Crippen molar-refractivity contribution in [3.8, 4) is 0 Å². The van der Waals surface area contributed by atoms with Gasteiger partial charge in [-0.05, 0) is 56.9 Å². The molecule has 1 heterocycles. The highest BCUT2D eigenvalue weighted by atomic mass is 16.5. The molecule has 0 aromatic heterocycles. The molecule has 0 radical (unpaired) electrons. The van der Waals surface area contributed by atoms with E-state index in [1.54, 1.807) is 0 Å². The van der Waals surface area contributed by atoms with Gasteiger partial charge in [-0.3, -0.25) is 0 Å². The van der Waals surface area contributed by atoms with E-state index < -0.39 is 0 Å². The van der Waals surface area contributed by atoms with Gasteiger partial charge in [-0.2, -0.15) is 0 Å². The van der Waals surface area contributed by atoms with E-state index in [9.17, 15) is 0 Å². The largest absolute Gasteiger partial charge is 0.375 e. The molecule has 0 amide bonds. The molecule has 110 valence electrons. The van der Waals surface area contributed by atoms with E-state index in [2.05, 4.69) is 12.2 Å². The van der Waals surface area contributed by atoms with E-state index in [-0.39, 0.29) is 5.60 Å². The molecule has 1 saturated heterocycles. The summed E-state index contributed by atoms with van der Waals surface area (Å²) in [6, 6.07) is 0.725.